The largest absolute Gasteiger partial charge is 0.436 e. The van der Waals surface area contributed by atoms with Gasteiger partial charge < -0.3 is 4.42 Å². The Kier molecular flexibility index (Phi) is 3.40. The van der Waals surface area contributed by atoms with Crippen molar-refractivity contribution in [3.05, 3.63) is 89.5 Å². The first kappa shape index (κ1) is 15.5. The molecule has 0 unspecified atom stereocenters. The van der Waals surface area contributed by atoms with Crippen molar-refractivity contribution in [3.63, 3.8) is 0 Å². The number of imide groups is 1. The number of rotatable bonds is 3. The molecule has 0 saturated carbocycles. The van der Waals surface area contributed by atoms with Gasteiger partial charge >= 0.3 is 0 Å². The first-order chi connectivity index (χ1) is 13.2. The highest BCUT2D eigenvalue weighted by molar-refractivity contribution is 6.21. The predicted octanol–water partition coefficient (Wildman–Crippen LogP) is 4.29. The molecule has 5 heteroatoms. The van der Waals surface area contributed by atoms with E-state index in [2.05, 4.69) is 4.98 Å². The molecule has 0 spiro atoms. The topological polar surface area (TPSA) is 63.4 Å². The van der Waals surface area contributed by atoms with Gasteiger partial charge in [-0.15, -0.1) is 0 Å². The van der Waals surface area contributed by atoms with Gasteiger partial charge in [0, 0.05) is 5.56 Å². The predicted molar refractivity (Wildman–Crippen MR) is 100 cm³/mol. The van der Waals surface area contributed by atoms with Crippen molar-refractivity contribution in [3.8, 4) is 11.5 Å². The van der Waals surface area contributed by atoms with Gasteiger partial charge in [-0.2, -0.15) is 0 Å². The summed E-state index contributed by atoms with van der Waals surface area (Å²) in [5.41, 5.74) is 3.81. The number of carbonyl (C=O) groups excluding carboxylic acids is 2. The molecule has 0 fully saturated rings. The van der Waals surface area contributed by atoms with Crippen LogP contribution in [0.2, 0.25) is 0 Å². The number of benzene rings is 3. The minimum atomic E-state index is -0.295. The summed E-state index contributed by atoms with van der Waals surface area (Å²) in [6.07, 6.45) is 0. The summed E-state index contributed by atoms with van der Waals surface area (Å²) in [6.45, 7) is 0.255. The third kappa shape index (κ3) is 2.52. The smallest absolute Gasteiger partial charge is 0.261 e. The summed E-state index contributed by atoms with van der Waals surface area (Å²) in [5, 5.41) is 0. The average molecular weight is 354 g/mol. The van der Waals surface area contributed by atoms with Gasteiger partial charge in [-0.1, -0.05) is 42.5 Å². The molecule has 4 aromatic rings. The summed E-state index contributed by atoms with van der Waals surface area (Å²) in [4.78, 5) is 31.2. The fourth-order valence-corrected chi connectivity index (χ4v) is 3.33. The van der Waals surface area contributed by atoms with Gasteiger partial charge in [-0.05, 0) is 35.9 Å². The lowest BCUT2D eigenvalue weighted by atomic mass is 10.1. The van der Waals surface area contributed by atoms with Crippen LogP contribution in [0.15, 0.2) is 77.2 Å². The third-order valence-corrected chi connectivity index (χ3v) is 4.70. The zero-order valence-corrected chi connectivity index (χ0v) is 14.3. The number of amides is 2. The van der Waals surface area contributed by atoms with E-state index >= 15 is 0 Å². The van der Waals surface area contributed by atoms with Crippen LogP contribution in [0.25, 0.3) is 22.6 Å². The Hall–Kier alpha value is -3.73. The molecule has 1 aliphatic rings. The number of hydrogen-bond donors (Lipinski definition) is 0. The fraction of sp³-hybridized carbons (Fsp3) is 0.0455. The normalized spacial score (nSPS) is 13.4. The van der Waals surface area contributed by atoms with Gasteiger partial charge in [0.05, 0.1) is 17.7 Å². The number of hydrogen-bond acceptors (Lipinski definition) is 4. The lowest BCUT2D eigenvalue weighted by Crippen LogP contribution is -2.29. The lowest BCUT2D eigenvalue weighted by molar-refractivity contribution is 0.0642. The molecule has 3 aromatic carbocycles. The molecule has 130 valence electrons. The van der Waals surface area contributed by atoms with E-state index in [9.17, 15) is 9.59 Å². The van der Waals surface area contributed by atoms with Crippen molar-refractivity contribution in [1.82, 2.24) is 9.88 Å². The maximum absolute atomic E-state index is 12.8. The Balaban J connectivity index is 1.51. The maximum Gasteiger partial charge on any atom is 0.261 e. The van der Waals surface area contributed by atoms with Gasteiger partial charge in [-0.25, -0.2) is 4.98 Å². The van der Waals surface area contributed by atoms with E-state index in [-0.39, 0.29) is 18.4 Å². The number of aromatic nitrogens is 1. The SMILES string of the molecule is O=C1c2ccc(-c3nc4ccccc4o3)cc2C(=O)N1Cc1ccccc1. The summed E-state index contributed by atoms with van der Waals surface area (Å²) >= 11 is 0. The molecule has 27 heavy (non-hydrogen) atoms. The monoisotopic (exact) mass is 354 g/mol. The van der Waals surface area contributed by atoms with Crippen molar-refractivity contribution < 1.29 is 14.0 Å². The number of carbonyl (C=O) groups is 2. The molecule has 0 bridgehead atoms. The van der Waals surface area contributed by atoms with Gasteiger partial charge in [-0.3, -0.25) is 14.5 Å². The summed E-state index contributed by atoms with van der Waals surface area (Å²) in [5.74, 6) is -0.138. The van der Waals surface area contributed by atoms with Gasteiger partial charge in [0.1, 0.15) is 5.52 Å². The Morgan fingerprint density at radius 1 is 0.815 bits per heavy atom. The minimum absolute atomic E-state index is 0.255. The standard InChI is InChI=1S/C22H14N2O3/c25-21-16-11-10-15(20-23-18-8-4-5-9-19(18)27-20)12-17(16)22(26)24(21)13-14-6-2-1-3-7-14/h1-12H,13H2. The molecule has 0 aliphatic carbocycles. The first-order valence-electron chi connectivity index (χ1n) is 8.61. The second kappa shape index (κ2) is 5.92. The minimum Gasteiger partial charge on any atom is -0.436 e. The van der Waals surface area contributed by atoms with E-state index in [1.807, 2.05) is 54.6 Å². The number of para-hydroxylation sites is 2. The molecule has 5 rings (SSSR count). The highest BCUT2D eigenvalue weighted by atomic mass is 16.3. The van der Waals surface area contributed by atoms with Crippen LogP contribution in [-0.2, 0) is 6.54 Å². The fourth-order valence-electron chi connectivity index (χ4n) is 3.33. The molecule has 1 aliphatic heterocycles. The number of nitrogens with zero attached hydrogens (tertiary/aromatic N) is 2. The van der Waals surface area contributed by atoms with Gasteiger partial charge in [0.25, 0.3) is 11.8 Å². The average Bonchev–Trinajstić information content (AvgIpc) is 3.24. The number of fused-ring (bicyclic) bond motifs is 2. The summed E-state index contributed by atoms with van der Waals surface area (Å²) in [6, 6.07) is 22.1. The van der Waals surface area contributed by atoms with Crippen molar-refractivity contribution in [2.75, 3.05) is 0 Å². The van der Waals surface area contributed by atoms with Crippen LogP contribution in [0.1, 0.15) is 26.3 Å². The summed E-state index contributed by atoms with van der Waals surface area (Å²) in [7, 11) is 0. The van der Waals surface area contributed by atoms with Crippen LogP contribution in [0, 0.1) is 0 Å². The van der Waals surface area contributed by atoms with Crippen molar-refractivity contribution in [2.45, 2.75) is 6.54 Å². The Labute approximate surface area is 154 Å². The first-order valence-corrected chi connectivity index (χ1v) is 8.61. The number of oxazole rings is 1. The van der Waals surface area contributed by atoms with Gasteiger partial charge in [0.15, 0.2) is 5.58 Å². The molecule has 0 radical (unpaired) electrons. The van der Waals surface area contributed by atoms with Crippen LogP contribution in [-0.4, -0.2) is 21.7 Å². The molecule has 2 amide bonds. The second-order valence-electron chi connectivity index (χ2n) is 6.43. The van der Waals surface area contributed by atoms with Crippen LogP contribution in [0.4, 0.5) is 0 Å². The van der Waals surface area contributed by atoms with Crippen molar-refractivity contribution >= 4 is 22.9 Å². The van der Waals surface area contributed by atoms with Crippen molar-refractivity contribution in [2.24, 2.45) is 0 Å². The van der Waals surface area contributed by atoms with Crippen LogP contribution in [0.3, 0.4) is 0 Å². The Morgan fingerprint density at radius 3 is 2.37 bits per heavy atom. The molecular weight excluding hydrogens is 340 g/mol. The second-order valence-corrected chi connectivity index (χ2v) is 6.43. The van der Waals surface area contributed by atoms with E-state index < -0.39 is 0 Å². The maximum atomic E-state index is 12.8. The molecule has 0 N–H and O–H groups in total. The molecule has 5 nitrogen and oxygen atoms in total. The van der Waals surface area contributed by atoms with E-state index in [1.54, 1.807) is 18.2 Å². The van der Waals surface area contributed by atoms with Crippen molar-refractivity contribution in [1.29, 1.82) is 0 Å². The molecule has 2 heterocycles. The molecule has 0 atom stereocenters. The zero-order valence-electron chi connectivity index (χ0n) is 14.3. The third-order valence-electron chi connectivity index (χ3n) is 4.70. The van der Waals surface area contributed by atoms with Crippen LogP contribution < -0.4 is 0 Å². The van der Waals surface area contributed by atoms with E-state index in [1.165, 1.54) is 4.90 Å². The van der Waals surface area contributed by atoms with Crippen LogP contribution in [0.5, 0.6) is 0 Å². The van der Waals surface area contributed by atoms with Crippen LogP contribution >= 0.6 is 0 Å². The summed E-state index contributed by atoms with van der Waals surface area (Å²) < 4.78 is 5.78. The van der Waals surface area contributed by atoms with Gasteiger partial charge in [0.2, 0.25) is 5.89 Å². The highest BCUT2D eigenvalue weighted by Gasteiger charge is 2.35. The molecular formula is C22H14N2O3. The Morgan fingerprint density at radius 2 is 1.56 bits per heavy atom. The highest BCUT2D eigenvalue weighted by Crippen LogP contribution is 2.30. The van der Waals surface area contributed by atoms with E-state index in [0.29, 0.717) is 28.2 Å². The lowest BCUT2D eigenvalue weighted by Gasteiger charge is -2.13. The quantitative estimate of drug-likeness (QED) is 0.515. The molecule has 1 aromatic heterocycles. The Bertz CT molecular complexity index is 1160. The van der Waals surface area contributed by atoms with E-state index in [0.717, 1.165) is 11.1 Å². The molecule has 0 saturated heterocycles. The van der Waals surface area contributed by atoms with E-state index in [4.69, 9.17) is 4.42 Å². The zero-order chi connectivity index (χ0) is 18.4.